The maximum Gasteiger partial charge on any atom is 0.243 e. The molecular formula is C19H34N10O7. The van der Waals surface area contributed by atoms with Crippen molar-refractivity contribution in [3.63, 3.8) is 0 Å². The number of hydrogen-bond acceptors (Lipinski definition) is 8. The summed E-state index contributed by atoms with van der Waals surface area (Å²) in [6.45, 7) is 1.12. The summed E-state index contributed by atoms with van der Waals surface area (Å²) in [5, 5.41) is 13.9. The summed E-state index contributed by atoms with van der Waals surface area (Å²) in [7, 11) is 0. The first-order valence-corrected chi connectivity index (χ1v) is 10.8. The SMILES string of the molecule is CC(=O)NCC(=O)NCC(=O)N[C@@H](CCCN=C(N)N)C(=O)N[C@@H](C)C(=O)NCC(=O)NCC(N)=O. The van der Waals surface area contributed by atoms with E-state index in [2.05, 4.69) is 36.9 Å². The van der Waals surface area contributed by atoms with Crippen LogP contribution in [0, 0.1) is 0 Å². The Morgan fingerprint density at radius 3 is 1.83 bits per heavy atom. The van der Waals surface area contributed by atoms with E-state index in [0.29, 0.717) is 6.42 Å². The summed E-state index contributed by atoms with van der Waals surface area (Å²) < 4.78 is 0. The molecule has 12 N–H and O–H groups in total. The van der Waals surface area contributed by atoms with Gasteiger partial charge < -0.3 is 49.1 Å². The van der Waals surface area contributed by atoms with Gasteiger partial charge in [-0.1, -0.05) is 0 Å². The fourth-order valence-electron chi connectivity index (χ4n) is 2.41. The summed E-state index contributed by atoms with van der Waals surface area (Å²) in [4.78, 5) is 85.6. The predicted octanol–water partition coefficient (Wildman–Crippen LogP) is -6.00. The molecule has 0 aromatic rings. The van der Waals surface area contributed by atoms with Gasteiger partial charge in [-0.3, -0.25) is 38.6 Å². The van der Waals surface area contributed by atoms with Crippen LogP contribution >= 0.6 is 0 Å². The van der Waals surface area contributed by atoms with Crippen LogP contribution in [-0.2, 0) is 33.6 Å². The van der Waals surface area contributed by atoms with E-state index in [9.17, 15) is 33.6 Å². The van der Waals surface area contributed by atoms with E-state index in [1.165, 1.54) is 13.8 Å². The topological polar surface area (TPSA) is 282 Å². The van der Waals surface area contributed by atoms with Crippen LogP contribution in [0.2, 0.25) is 0 Å². The number of nitrogens with zero attached hydrogens (tertiary/aromatic N) is 1. The van der Waals surface area contributed by atoms with Crippen LogP contribution in [0.3, 0.4) is 0 Å². The molecule has 0 aliphatic carbocycles. The first-order chi connectivity index (χ1) is 16.8. The molecule has 0 aliphatic rings. The third kappa shape index (κ3) is 16.2. The van der Waals surface area contributed by atoms with Crippen molar-refractivity contribution in [1.29, 1.82) is 0 Å². The Balaban J connectivity index is 4.89. The van der Waals surface area contributed by atoms with Crippen molar-refractivity contribution < 1.29 is 33.6 Å². The van der Waals surface area contributed by atoms with Gasteiger partial charge in [-0.2, -0.15) is 0 Å². The van der Waals surface area contributed by atoms with Crippen molar-refractivity contribution in [3.05, 3.63) is 0 Å². The van der Waals surface area contributed by atoms with Crippen molar-refractivity contribution in [2.75, 3.05) is 32.7 Å². The normalized spacial score (nSPS) is 11.6. The fraction of sp³-hybridized carbons (Fsp3) is 0.579. The highest BCUT2D eigenvalue weighted by Gasteiger charge is 2.24. The minimum absolute atomic E-state index is 0.0953. The molecule has 0 bridgehead atoms. The number of carbonyl (C=O) groups excluding carboxylic acids is 7. The van der Waals surface area contributed by atoms with Crippen molar-refractivity contribution in [3.8, 4) is 0 Å². The van der Waals surface area contributed by atoms with E-state index in [-0.39, 0.29) is 25.5 Å². The standard InChI is InChI=1S/C19H34N10O7/c1-10(17(35)27-8-15(33)25-6-13(20)31)28-18(36)12(4-3-5-23-19(21)22)29-16(34)9-26-14(32)7-24-11(2)30/h10,12H,3-9H2,1-2H3,(H2,20,31)(H,24,30)(H,25,33)(H,26,32)(H,27,35)(H,28,36)(H,29,34)(H4,21,22,23)/t10-,12-/m0/s1. The highest BCUT2D eigenvalue weighted by Crippen LogP contribution is 2.00. The van der Waals surface area contributed by atoms with Crippen molar-refractivity contribution in [1.82, 2.24) is 31.9 Å². The molecule has 0 saturated heterocycles. The summed E-state index contributed by atoms with van der Waals surface area (Å²) in [5.41, 5.74) is 15.4. The molecule has 17 heteroatoms. The molecule has 0 aliphatic heterocycles. The molecule has 0 saturated carbocycles. The van der Waals surface area contributed by atoms with Gasteiger partial charge in [0.2, 0.25) is 41.4 Å². The van der Waals surface area contributed by atoms with Gasteiger partial charge in [-0.25, -0.2) is 0 Å². The van der Waals surface area contributed by atoms with Gasteiger partial charge in [-0.05, 0) is 19.8 Å². The summed E-state index contributed by atoms with van der Waals surface area (Å²) in [5.74, 6) is -4.70. The lowest BCUT2D eigenvalue weighted by atomic mass is 10.1. The van der Waals surface area contributed by atoms with Gasteiger partial charge in [0.1, 0.15) is 12.1 Å². The van der Waals surface area contributed by atoms with Crippen molar-refractivity contribution in [2.24, 2.45) is 22.2 Å². The zero-order valence-electron chi connectivity index (χ0n) is 20.1. The molecule has 36 heavy (non-hydrogen) atoms. The van der Waals surface area contributed by atoms with Crippen LogP contribution in [0.25, 0.3) is 0 Å². The number of hydrogen-bond donors (Lipinski definition) is 9. The van der Waals surface area contributed by atoms with Crippen LogP contribution in [0.4, 0.5) is 0 Å². The lowest BCUT2D eigenvalue weighted by Crippen LogP contribution is -2.54. The Kier molecular flexibility index (Phi) is 15.0. The first kappa shape index (κ1) is 31.6. The lowest BCUT2D eigenvalue weighted by Gasteiger charge is -2.21. The molecule has 0 aromatic carbocycles. The summed E-state index contributed by atoms with van der Waals surface area (Å²) in [6.07, 6.45) is 0.393. The van der Waals surface area contributed by atoms with Gasteiger partial charge in [0.15, 0.2) is 5.96 Å². The van der Waals surface area contributed by atoms with Crippen LogP contribution in [0.5, 0.6) is 0 Å². The van der Waals surface area contributed by atoms with E-state index in [1.54, 1.807) is 0 Å². The third-order valence-electron chi connectivity index (χ3n) is 4.18. The van der Waals surface area contributed by atoms with Crippen molar-refractivity contribution in [2.45, 2.75) is 38.8 Å². The zero-order valence-corrected chi connectivity index (χ0v) is 20.1. The number of guanidine groups is 1. The van der Waals surface area contributed by atoms with E-state index in [4.69, 9.17) is 17.2 Å². The maximum absolute atomic E-state index is 12.7. The van der Waals surface area contributed by atoms with Crippen LogP contribution in [0.1, 0.15) is 26.7 Å². The minimum atomic E-state index is -1.10. The summed E-state index contributed by atoms with van der Waals surface area (Å²) in [6, 6.07) is -2.19. The molecule has 0 spiro atoms. The maximum atomic E-state index is 12.7. The highest BCUT2D eigenvalue weighted by atomic mass is 16.2. The van der Waals surface area contributed by atoms with Gasteiger partial charge in [-0.15, -0.1) is 0 Å². The van der Waals surface area contributed by atoms with E-state index in [1.807, 2.05) is 0 Å². The third-order valence-corrected chi connectivity index (χ3v) is 4.18. The first-order valence-electron chi connectivity index (χ1n) is 10.8. The fourth-order valence-corrected chi connectivity index (χ4v) is 2.41. The quantitative estimate of drug-likeness (QED) is 0.0537. The average molecular weight is 515 g/mol. The molecule has 202 valence electrons. The van der Waals surface area contributed by atoms with E-state index in [0.717, 1.165) is 0 Å². The second-order valence-corrected chi connectivity index (χ2v) is 7.45. The van der Waals surface area contributed by atoms with Crippen molar-refractivity contribution >= 4 is 47.3 Å². The number of carbonyl (C=O) groups is 7. The molecular weight excluding hydrogens is 480 g/mol. The molecule has 0 unspecified atom stereocenters. The Morgan fingerprint density at radius 2 is 1.28 bits per heavy atom. The number of aliphatic imine (C=N–C) groups is 1. The molecule has 7 amide bonds. The molecule has 0 rings (SSSR count). The van der Waals surface area contributed by atoms with E-state index >= 15 is 0 Å². The van der Waals surface area contributed by atoms with Crippen LogP contribution in [0.15, 0.2) is 4.99 Å². The molecule has 17 nitrogen and oxygen atoms in total. The predicted molar refractivity (Wildman–Crippen MR) is 126 cm³/mol. The van der Waals surface area contributed by atoms with Gasteiger partial charge in [0, 0.05) is 13.5 Å². The Bertz CT molecular complexity index is 858. The molecule has 2 atom stereocenters. The monoisotopic (exact) mass is 514 g/mol. The second-order valence-electron chi connectivity index (χ2n) is 7.45. The largest absolute Gasteiger partial charge is 0.370 e. The number of nitrogens with two attached hydrogens (primary N) is 3. The molecule has 0 fully saturated rings. The second kappa shape index (κ2) is 17.1. The van der Waals surface area contributed by atoms with Crippen LogP contribution < -0.4 is 49.1 Å². The highest BCUT2D eigenvalue weighted by molar-refractivity contribution is 5.94. The number of nitrogens with one attached hydrogen (secondary N) is 6. The zero-order chi connectivity index (χ0) is 27.7. The van der Waals surface area contributed by atoms with Gasteiger partial charge >= 0.3 is 0 Å². The minimum Gasteiger partial charge on any atom is -0.370 e. The number of amides is 7. The Hall–Kier alpha value is -4.44. The summed E-state index contributed by atoms with van der Waals surface area (Å²) >= 11 is 0. The molecule has 0 radical (unpaired) electrons. The number of primary amides is 1. The Labute approximate surface area is 207 Å². The molecule has 0 heterocycles. The number of rotatable bonds is 16. The van der Waals surface area contributed by atoms with E-state index < -0.39 is 73.1 Å². The van der Waals surface area contributed by atoms with Gasteiger partial charge in [0.25, 0.3) is 0 Å². The van der Waals surface area contributed by atoms with Gasteiger partial charge in [0.05, 0.1) is 26.2 Å². The molecule has 0 aromatic heterocycles. The Morgan fingerprint density at radius 1 is 0.722 bits per heavy atom. The average Bonchev–Trinajstić information content (AvgIpc) is 2.79. The van der Waals surface area contributed by atoms with Crippen LogP contribution in [-0.4, -0.2) is 92.1 Å². The smallest absolute Gasteiger partial charge is 0.243 e. The lowest BCUT2D eigenvalue weighted by molar-refractivity contribution is -0.132.